The summed E-state index contributed by atoms with van der Waals surface area (Å²) >= 11 is 0. The van der Waals surface area contributed by atoms with Crippen molar-refractivity contribution in [3.05, 3.63) is 0 Å². The van der Waals surface area contributed by atoms with Crippen molar-refractivity contribution in [2.24, 2.45) is 5.92 Å². The molecule has 0 spiro atoms. The number of piperazine rings is 1. The number of hydrogen-bond donors (Lipinski definition) is 3. The van der Waals surface area contributed by atoms with Gasteiger partial charge in [-0.25, -0.2) is 0 Å². The van der Waals surface area contributed by atoms with Crippen molar-refractivity contribution in [2.75, 3.05) is 32.8 Å². The van der Waals surface area contributed by atoms with Gasteiger partial charge in [-0.3, -0.25) is 14.9 Å². The predicted molar refractivity (Wildman–Crippen MR) is 61.4 cm³/mol. The summed E-state index contributed by atoms with van der Waals surface area (Å²) in [5.74, 6) is 0.431. The summed E-state index contributed by atoms with van der Waals surface area (Å²) in [6.07, 6.45) is 2.02. The number of hydrogen-bond acceptors (Lipinski definition) is 4. The molecule has 2 amide bonds. The summed E-state index contributed by atoms with van der Waals surface area (Å²) in [4.78, 5) is 22.7. The fraction of sp³-hybridized carbons (Fsp3) is 0.818. The lowest BCUT2D eigenvalue weighted by molar-refractivity contribution is -0.126. The molecule has 2 heterocycles. The number of nitrogens with one attached hydrogen (secondary N) is 3. The zero-order valence-electron chi connectivity index (χ0n) is 9.83. The van der Waals surface area contributed by atoms with Crippen molar-refractivity contribution in [1.82, 2.24) is 16.0 Å². The maximum Gasteiger partial charge on any atom is 0.238 e. The van der Waals surface area contributed by atoms with Gasteiger partial charge in [-0.05, 0) is 18.8 Å². The van der Waals surface area contributed by atoms with Crippen LogP contribution in [0.5, 0.6) is 0 Å². The van der Waals surface area contributed by atoms with E-state index in [-0.39, 0.29) is 24.4 Å². The highest BCUT2D eigenvalue weighted by molar-refractivity contribution is 5.86. The lowest BCUT2D eigenvalue weighted by Crippen LogP contribution is -2.58. The average molecular weight is 241 g/mol. The number of rotatable bonds is 3. The Morgan fingerprint density at radius 2 is 2.18 bits per heavy atom. The molecule has 0 radical (unpaired) electrons. The fourth-order valence-electron chi connectivity index (χ4n) is 2.07. The van der Waals surface area contributed by atoms with Crippen molar-refractivity contribution in [2.45, 2.75) is 18.9 Å². The highest BCUT2D eigenvalue weighted by atomic mass is 16.5. The minimum Gasteiger partial charge on any atom is -0.381 e. The minimum atomic E-state index is -0.299. The molecule has 2 rings (SSSR count). The highest BCUT2D eigenvalue weighted by Gasteiger charge is 2.24. The van der Waals surface area contributed by atoms with Crippen LogP contribution in [0.2, 0.25) is 0 Å². The molecule has 17 heavy (non-hydrogen) atoms. The van der Waals surface area contributed by atoms with E-state index in [9.17, 15) is 9.59 Å². The van der Waals surface area contributed by atoms with Gasteiger partial charge in [0, 0.05) is 26.3 Å². The number of carbonyl (C=O) groups is 2. The molecule has 0 aromatic heterocycles. The Hall–Kier alpha value is -1.14. The van der Waals surface area contributed by atoms with Crippen molar-refractivity contribution >= 4 is 11.8 Å². The van der Waals surface area contributed by atoms with Gasteiger partial charge in [0.2, 0.25) is 11.8 Å². The monoisotopic (exact) mass is 241 g/mol. The van der Waals surface area contributed by atoms with E-state index in [4.69, 9.17) is 4.74 Å². The first-order chi connectivity index (χ1) is 8.25. The van der Waals surface area contributed by atoms with Gasteiger partial charge in [-0.2, -0.15) is 0 Å². The van der Waals surface area contributed by atoms with Crippen LogP contribution in [0.4, 0.5) is 0 Å². The van der Waals surface area contributed by atoms with E-state index in [0.717, 1.165) is 26.1 Å². The number of amides is 2. The molecule has 2 aliphatic rings. The van der Waals surface area contributed by atoms with Crippen LogP contribution in [-0.4, -0.2) is 50.7 Å². The molecule has 0 bridgehead atoms. The van der Waals surface area contributed by atoms with E-state index < -0.39 is 0 Å². The third-order valence-corrected chi connectivity index (χ3v) is 3.23. The molecule has 96 valence electrons. The smallest absolute Gasteiger partial charge is 0.238 e. The Morgan fingerprint density at radius 1 is 1.41 bits per heavy atom. The van der Waals surface area contributed by atoms with Gasteiger partial charge < -0.3 is 15.4 Å². The van der Waals surface area contributed by atoms with Crippen molar-refractivity contribution in [3.63, 3.8) is 0 Å². The van der Waals surface area contributed by atoms with E-state index >= 15 is 0 Å². The number of ether oxygens (including phenoxy) is 1. The van der Waals surface area contributed by atoms with Crippen molar-refractivity contribution in [3.8, 4) is 0 Å². The molecule has 3 N–H and O–H groups in total. The second-order valence-electron chi connectivity index (χ2n) is 4.54. The van der Waals surface area contributed by atoms with Crippen LogP contribution in [0.1, 0.15) is 12.8 Å². The molecule has 0 saturated carbocycles. The molecule has 6 nitrogen and oxygen atoms in total. The van der Waals surface area contributed by atoms with E-state index in [0.29, 0.717) is 19.0 Å². The van der Waals surface area contributed by atoms with Crippen molar-refractivity contribution < 1.29 is 14.3 Å². The molecule has 1 atom stereocenters. The van der Waals surface area contributed by atoms with Crippen LogP contribution in [0.3, 0.4) is 0 Å². The quantitative estimate of drug-likeness (QED) is 0.569. The molecule has 0 aliphatic carbocycles. The van der Waals surface area contributed by atoms with Crippen LogP contribution in [0.25, 0.3) is 0 Å². The van der Waals surface area contributed by atoms with Crippen LogP contribution in [0, 0.1) is 5.92 Å². The molecule has 2 fully saturated rings. The van der Waals surface area contributed by atoms with Gasteiger partial charge >= 0.3 is 0 Å². The maximum absolute atomic E-state index is 11.8. The first kappa shape index (κ1) is 12.3. The number of carbonyl (C=O) groups excluding carboxylic acids is 2. The summed E-state index contributed by atoms with van der Waals surface area (Å²) in [5, 5.41) is 8.50. The fourth-order valence-corrected chi connectivity index (χ4v) is 2.07. The molecule has 6 heteroatoms. The first-order valence-electron chi connectivity index (χ1n) is 6.11. The normalized spacial score (nSPS) is 26.4. The molecular weight excluding hydrogens is 222 g/mol. The van der Waals surface area contributed by atoms with Crippen molar-refractivity contribution in [1.29, 1.82) is 0 Å². The zero-order valence-corrected chi connectivity index (χ0v) is 9.83. The van der Waals surface area contributed by atoms with Crippen LogP contribution >= 0.6 is 0 Å². The Balaban J connectivity index is 1.67. The summed E-state index contributed by atoms with van der Waals surface area (Å²) in [6, 6.07) is -0.299. The Labute approximate surface area is 100 Å². The first-order valence-corrected chi connectivity index (χ1v) is 6.11. The van der Waals surface area contributed by atoms with Gasteiger partial charge in [0.15, 0.2) is 0 Å². The van der Waals surface area contributed by atoms with Gasteiger partial charge in [0.25, 0.3) is 0 Å². The minimum absolute atomic E-state index is 0.0310. The summed E-state index contributed by atoms with van der Waals surface area (Å²) in [5.41, 5.74) is 0. The molecule has 1 unspecified atom stereocenters. The standard InChI is InChI=1S/C11H19N3O3/c15-10-7-12-9(6-13-10)11(16)14-5-8-1-3-17-4-2-8/h8-9,12H,1-7H2,(H,13,15)(H,14,16). The maximum atomic E-state index is 11.8. The van der Waals surface area contributed by atoms with E-state index in [1.54, 1.807) is 0 Å². The third kappa shape index (κ3) is 3.67. The van der Waals surface area contributed by atoms with Crippen LogP contribution in [-0.2, 0) is 14.3 Å². The SMILES string of the molecule is O=C1CNC(C(=O)NCC2CCOCC2)CN1. The van der Waals surface area contributed by atoms with E-state index in [2.05, 4.69) is 16.0 Å². The Bertz CT molecular complexity index is 280. The van der Waals surface area contributed by atoms with Gasteiger partial charge in [0.05, 0.1) is 6.54 Å². The molecule has 2 aliphatic heterocycles. The Kier molecular flexibility index (Phi) is 4.33. The lowest BCUT2D eigenvalue weighted by Gasteiger charge is -2.26. The van der Waals surface area contributed by atoms with Crippen LogP contribution < -0.4 is 16.0 Å². The summed E-state index contributed by atoms with van der Waals surface area (Å²) in [7, 11) is 0. The molecule has 0 aromatic rings. The van der Waals surface area contributed by atoms with E-state index in [1.165, 1.54) is 0 Å². The molecule has 0 aromatic carbocycles. The molecular formula is C11H19N3O3. The topological polar surface area (TPSA) is 79.5 Å². The largest absolute Gasteiger partial charge is 0.381 e. The van der Waals surface area contributed by atoms with Crippen LogP contribution in [0.15, 0.2) is 0 Å². The second-order valence-corrected chi connectivity index (χ2v) is 4.54. The van der Waals surface area contributed by atoms with Gasteiger partial charge in [-0.1, -0.05) is 0 Å². The summed E-state index contributed by atoms with van der Waals surface area (Å²) < 4.78 is 5.26. The lowest BCUT2D eigenvalue weighted by atomic mass is 10.0. The van der Waals surface area contributed by atoms with E-state index in [1.807, 2.05) is 0 Å². The highest BCUT2D eigenvalue weighted by Crippen LogP contribution is 2.13. The average Bonchev–Trinajstić information content (AvgIpc) is 2.38. The van der Waals surface area contributed by atoms with Gasteiger partial charge in [0.1, 0.15) is 6.04 Å². The molecule has 2 saturated heterocycles. The Morgan fingerprint density at radius 3 is 2.82 bits per heavy atom. The van der Waals surface area contributed by atoms with Gasteiger partial charge in [-0.15, -0.1) is 0 Å². The summed E-state index contributed by atoms with van der Waals surface area (Å²) in [6.45, 7) is 2.87. The zero-order chi connectivity index (χ0) is 12.1. The predicted octanol–water partition coefficient (Wildman–Crippen LogP) is -1.38. The second kappa shape index (κ2) is 5.97. The third-order valence-electron chi connectivity index (χ3n) is 3.23.